The third-order valence-corrected chi connectivity index (χ3v) is 4.19. The Labute approximate surface area is 148 Å². The van der Waals surface area contributed by atoms with Crippen molar-refractivity contribution in [1.82, 2.24) is 10.2 Å². The summed E-state index contributed by atoms with van der Waals surface area (Å²) in [5.41, 5.74) is 0.157. The molecule has 3 nitrogen and oxygen atoms in total. The molecule has 1 saturated heterocycles. The second-order valence-electron chi connectivity index (χ2n) is 4.36. The number of phenols is 1. The topological polar surface area (TPSA) is 35.5 Å². The monoisotopic (exact) mass is 426 g/mol. The molecule has 1 atom stereocenters. The van der Waals surface area contributed by atoms with Crippen LogP contribution < -0.4 is 5.32 Å². The maximum atomic E-state index is 13.4. The number of phenolic OH excluding ortho intramolecular Hbond substituents is 1. The zero-order chi connectivity index (χ0) is 14.0. The van der Waals surface area contributed by atoms with Gasteiger partial charge in [0, 0.05) is 36.2 Å². The van der Waals surface area contributed by atoms with Gasteiger partial charge in [-0.2, -0.15) is 0 Å². The highest BCUT2D eigenvalue weighted by atomic mass is 79.9. The summed E-state index contributed by atoms with van der Waals surface area (Å²) in [6.45, 7) is 2.32. The largest absolute Gasteiger partial charge is 0.506 e. The molecule has 122 valence electrons. The van der Waals surface area contributed by atoms with Gasteiger partial charge in [-0.1, -0.05) is 27.5 Å². The van der Waals surface area contributed by atoms with Crippen LogP contribution in [0.1, 0.15) is 11.6 Å². The smallest absolute Gasteiger partial charge is 0.258 e. The summed E-state index contributed by atoms with van der Waals surface area (Å²) in [5.74, 6) is -0.278. The van der Waals surface area contributed by atoms with E-state index in [0.717, 1.165) is 0 Å². The Hall–Kier alpha value is 0.150. The number of benzene rings is 1. The van der Waals surface area contributed by atoms with Crippen LogP contribution in [0.2, 0.25) is 5.02 Å². The van der Waals surface area contributed by atoms with Crippen LogP contribution in [0, 0.1) is 0 Å². The average molecular weight is 429 g/mol. The Kier molecular flexibility index (Phi) is 9.39. The number of rotatable bonds is 3. The van der Waals surface area contributed by atoms with Gasteiger partial charge in [-0.05, 0) is 12.1 Å². The number of alkyl halides is 2. The lowest BCUT2D eigenvalue weighted by Crippen LogP contribution is -2.47. The lowest BCUT2D eigenvalue weighted by molar-refractivity contribution is 0.0166. The van der Waals surface area contributed by atoms with Crippen LogP contribution in [-0.4, -0.2) is 42.6 Å². The van der Waals surface area contributed by atoms with Gasteiger partial charge < -0.3 is 10.4 Å². The number of nitrogens with one attached hydrogen (secondary N) is 1. The molecule has 0 spiro atoms. The number of halogens is 6. The average Bonchev–Trinajstić information content (AvgIpc) is 2.39. The zero-order valence-corrected chi connectivity index (χ0v) is 14.8. The second-order valence-corrected chi connectivity index (χ2v) is 5.62. The first kappa shape index (κ1) is 21.1. The summed E-state index contributed by atoms with van der Waals surface area (Å²) in [6.07, 6.45) is -2.60. The molecule has 0 aliphatic carbocycles. The minimum absolute atomic E-state index is 0. The van der Waals surface area contributed by atoms with Gasteiger partial charge in [-0.15, -0.1) is 24.8 Å². The molecule has 21 heavy (non-hydrogen) atoms. The number of nitrogens with zero attached hydrogens (tertiary/aromatic N) is 1. The Morgan fingerprint density at radius 3 is 2.33 bits per heavy atom. The SMILES string of the molecule is Cl.Cl.Oc1c(Cl)ccc(Br)c1[C@H](C(F)F)N1CCNCC1. The first-order valence-corrected chi connectivity index (χ1v) is 7.09. The third-order valence-electron chi connectivity index (χ3n) is 3.19. The number of hydrogen-bond acceptors (Lipinski definition) is 3. The lowest BCUT2D eigenvalue weighted by Gasteiger charge is -2.35. The summed E-state index contributed by atoms with van der Waals surface area (Å²) in [4.78, 5) is 1.66. The maximum absolute atomic E-state index is 13.4. The highest BCUT2D eigenvalue weighted by Crippen LogP contribution is 2.42. The van der Waals surface area contributed by atoms with Gasteiger partial charge in [0.1, 0.15) is 11.8 Å². The fourth-order valence-electron chi connectivity index (χ4n) is 2.27. The van der Waals surface area contributed by atoms with Gasteiger partial charge in [0.25, 0.3) is 6.43 Å². The molecule has 1 aromatic carbocycles. The van der Waals surface area contributed by atoms with Gasteiger partial charge in [-0.3, -0.25) is 4.90 Å². The molecule has 1 fully saturated rings. The van der Waals surface area contributed by atoms with Gasteiger partial charge in [0.2, 0.25) is 0 Å². The Morgan fingerprint density at radius 1 is 1.24 bits per heavy atom. The van der Waals surface area contributed by atoms with Crippen LogP contribution in [0.15, 0.2) is 16.6 Å². The van der Waals surface area contributed by atoms with Crippen molar-refractivity contribution in [2.24, 2.45) is 0 Å². The van der Waals surface area contributed by atoms with Crippen LogP contribution >= 0.6 is 52.3 Å². The van der Waals surface area contributed by atoms with Crippen molar-refractivity contribution in [3.8, 4) is 5.75 Å². The molecule has 1 aliphatic rings. The maximum Gasteiger partial charge on any atom is 0.258 e. The van der Waals surface area contributed by atoms with E-state index in [0.29, 0.717) is 30.7 Å². The van der Waals surface area contributed by atoms with Gasteiger partial charge >= 0.3 is 0 Å². The summed E-state index contributed by atoms with van der Waals surface area (Å²) in [7, 11) is 0. The molecular formula is C12H16BrCl3F2N2O. The Bertz CT molecular complexity index is 462. The summed E-state index contributed by atoms with van der Waals surface area (Å²) in [6, 6.07) is 1.90. The van der Waals surface area contributed by atoms with Crippen molar-refractivity contribution in [3.05, 3.63) is 27.2 Å². The summed E-state index contributed by atoms with van der Waals surface area (Å²) < 4.78 is 27.3. The van der Waals surface area contributed by atoms with E-state index in [-0.39, 0.29) is 41.1 Å². The van der Waals surface area contributed by atoms with E-state index in [1.807, 2.05) is 0 Å². The third kappa shape index (κ3) is 4.81. The fraction of sp³-hybridized carbons (Fsp3) is 0.500. The van der Waals surface area contributed by atoms with E-state index in [4.69, 9.17) is 11.6 Å². The number of aromatic hydroxyl groups is 1. The summed E-state index contributed by atoms with van der Waals surface area (Å²) in [5, 5.41) is 13.2. The molecule has 1 heterocycles. The van der Waals surface area contributed by atoms with Crippen LogP contribution in [0.5, 0.6) is 5.75 Å². The minimum Gasteiger partial charge on any atom is -0.506 e. The molecular weight excluding hydrogens is 412 g/mol. The lowest BCUT2D eigenvalue weighted by atomic mass is 10.0. The van der Waals surface area contributed by atoms with E-state index in [1.54, 1.807) is 11.0 Å². The molecule has 0 amide bonds. The van der Waals surface area contributed by atoms with Gasteiger partial charge in [0.05, 0.1) is 5.02 Å². The van der Waals surface area contributed by atoms with Crippen molar-refractivity contribution < 1.29 is 13.9 Å². The zero-order valence-electron chi connectivity index (χ0n) is 10.9. The van der Waals surface area contributed by atoms with Crippen molar-refractivity contribution in [3.63, 3.8) is 0 Å². The standard InChI is InChI=1S/C12H14BrClF2N2O.2ClH/c13-7-1-2-8(14)11(19)9(7)10(12(15)16)18-5-3-17-4-6-18;;/h1-2,10,12,17,19H,3-6H2;2*1H/t10-;;/m1../s1. The molecule has 9 heteroatoms. The number of hydrogen-bond donors (Lipinski definition) is 2. The van der Waals surface area contributed by atoms with Crippen LogP contribution in [0.4, 0.5) is 8.78 Å². The molecule has 2 N–H and O–H groups in total. The molecule has 1 aliphatic heterocycles. The van der Waals surface area contributed by atoms with Crippen molar-refractivity contribution in [2.75, 3.05) is 26.2 Å². The van der Waals surface area contributed by atoms with Crippen LogP contribution in [-0.2, 0) is 0 Å². The fourth-order valence-corrected chi connectivity index (χ4v) is 2.99. The predicted molar refractivity (Wildman–Crippen MR) is 88.5 cm³/mol. The first-order chi connectivity index (χ1) is 9.02. The van der Waals surface area contributed by atoms with E-state index < -0.39 is 12.5 Å². The number of piperazine rings is 1. The van der Waals surface area contributed by atoms with Crippen molar-refractivity contribution in [2.45, 2.75) is 12.5 Å². The second kappa shape index (κ2) is 9.33. The molecule has 0 bridgehead atoms. The van der Waals surface area contributed by atoms with Crippen molar-refractivity contribution in [1.29, 1.82) is 0 Å². The van der Waals surface area contributed by atoms with E-state index in [2.05, 4.69) is 21.2 Å². The highest BCUT2D eigenvalue weighted by molar-refractivity contribution is 9.10. The Balaban J connectivity index is 0.00000200. The van der Waals surface area contributed by atoms with Crippen molar-refractivity contribution >= 4 is 52.3 Å². The first-order valence-electron chi connectivity index (χ1n) is 5.92. The van der Waals surface area contributed by atoms with E-state index in [1.165, 1.54) is 6.07 Å². The molecule has 0 radical (unpaired) electrons. The van der Waals surface area contributed by atoms with Gasteiger partial charge in [-0.25, -0.2) is 8.78 Å². The predicted octanol–water partition coefficient (Wildman–Crippen LogP) is 3.86. The van der Waals surface area contributed by atoms with Gasteiger partial charge in [0.15, 0.2) is 0 Å². The van der Waals surface area contributed by atoms with E-state index in [9.17, 15) is 13.9 Å². The van der Waals surface area contributed by atoms with Crippen LogP contribution in [0.3, 0.4) is 0 Å². The normalized spacial score (nSPS) is 17.0. The molecule has 0 aromatic heterocycles. The molecule has 0 unspecified atom stereocenters. The van der Waals surface area contributed by atoms with E-state index >= 15 is 0 Å². The molecule has 0 saturated carbocycles. The molecule has 2 rings (SSSR count). The molecule has 1 aromatic rings. The summed E-state index contributed by atoms with van der Waals surface area (Å²) >= 11 is 9.05. The Morgan fingerprint density at radius 2 is 1.81 bits per heavy atom. The van der Waals surface area contributed by atoms with Crippen LogP contribution in [0.25, 0.3) is 0 Å². The minimum atomic E-state index is -2.60. The quantitative estimate of drug-likeness (QED) is 0.768. The highest BCUT2D eigenvalue weighted by Gasteiger charge is 2.34.